The van der Waals surface area contributed by atoms with E-state index >= 15 is 0 Å². The second-order valence-electron chi connectivity index (χ2n) is 7.02. The van der Waals surface area contributed by atoms with Gasteiger partial charge in [-0.25, -0.2) is 0 Å². The topological polar surface area (TPSA) is 24.5 Å². The lowest BCUT2D eigenvalue weighted by atomic mass is 9.81. The Morgan fingerprint density at radius 2 is 1.95 bits per heavy atom. The Balaban J connectivity index is 1.85. The van der Waals surface area contributed by atoms with E-state index < -0.39 is 0 Å². The molecule has 19 heavy (non-hydrogen) atoms. The molecular formula is C16H32N2O. The largest absolute Gasteiger partial charge is 0.381 e. The Hall–Kier alpha value is -0.120. The summed E-state index contributed by atoms with van der Waals surface area (Å²) in [4.78, 5) is 2.68. The van der Waals surface area contributed by atoms with Gasteiger partial charge in [-0.05, 0) is 51.2 Å². The molecule has 1 N–H and O–H groups in total. The van der Waals surface area contributed by atoms with E-state index in [0.717, 1.165) is 32.2 Å². The quantitative estimate of drug-likeness (QED) is 0.801. The van der Waals surface area contributed by atoms with Crippen molar-refractivity contribution in [3.8, 4) is 0 Å². The van der Waals surface area contributed by atoms with E-state index in [-0.39, 0.29) is 0 Å². The lowest BCUT2D eigenvalue weighted by Gasteiger charge is -2.42. The molecule has 1 unspecified atom stereocenters. The van der Waals surface area contributed by atoms with Crippen molar-refractivity contribution in [2.75, 3.05) is 45.9 Å². The van der Waals surface area contributed by atoms with Crippen LogP contribution in [0.3, 0.4) is 0 Å². The Kier molecular flexibility index (Phi) is 6.11. The number of hydrogen-bond donors (Lipinski definition) is 1. The van der Waals surface area contributed by atoms with Crippen LogP contribution >= 0.6 is 0 Å². The molecule has 0 saturated carbocycles. The number of piperidine rings is 1. The third kappa shape index (κ3) is 5.05. The van der Waals surface area contributed by atoms with Gasteiger partial charge in [-0.3, -0.25) is 0 Å². The zero-order chi connectivity index (χ0) is 13.6. The van der Waals surface area contributed by atoms with Crippen LogP contribution in [0, 0.1) is 11.3 Å². The number of rotatable bonds is 6. The summed E-state index contributed by atoms with van der Waals surface area (Å²) in [6.07, 6.45) is 6.75. The van der Waals surface area contributed by atoms with Gasteiger partial charge in [0.15, 0.2) is 0 Å². The smallest absolute Gasteiger partial charge is 0.0546 e. The first-order valence-electron chi connectivity index (χ1n) is 8.21. The van der Waals surface area contributed by atoms with Crippen LogP contribution in [-0.2, 0) is 4.74 Å². The third-order valence-electron chi connectivity index (χ3n) is 4.46. The Morgan fingerprint density at radius 1 is 1.16 bits per heavy atom. The highest BCUT2D eigenvalue weighted by molar-refractivity contribution is 4.88. The van der Waals surface area contributed by atoms with Crippen molar-refractivity contribution in [1.29, 1.82) is 0 Å². The van der Waals surface area contributed by atoms with E-state index in [0.29, 0.717) is 5.41 Å². The molecule has 0 spiro atoms. The molecule has 1 atom stereocenters. The molecule has 2 fully saturated rings. The lowest BCUT2D eigenvalue weighted by molar-refractivity contribution is -0.0288. The number of nitrogens with one attached hydrogen (secondary N) is 1. The molecule has 0 bridgehead atoms. The molecule has 3 nitrogen and oxygen atoms in total. The fraction of sp³-hybridized carbons (Fsp3) is 1.00. The monoisotopic (exact) mass is 268 g/mol. The zero-order valence-corrected chi connectivity index (χ0v) is 12.9. The molecule has 2 rings (SSSR count). The number of nitrogens with zero attached hydrogens (tertiary/aromatic N) is 1. The first-order chi connectivity index (χ1) is 9.20. The summed E-state index contributed by atoms with van der Waals surface area (Å²) in [5, 5.41) is 3.68. The van der Waals surface area contributed by atoms with E-state index in [4.69, 9.17) is 4.74 Å². The van der Waals surface area contributed by atoms with Crippen LogP contribution < -0.4 is 5.32 Å². The summed E-state index contributed by atoms with van der Waals surface area (Å²) in [6, 6.07) is 0. The highest BCUT2D eigenvalue weighted by Crippen LogP contribution is 2.30. The summed E-state index contributed by atoms with van der Waals surface area (Å²) >= 11 is 0. The van der Waals surface area contributed by atoms with Gasteiger partial charge in [-0.1, -0.05) is 20.3 Å². The molecule has 0 aromatic rings. The molecule has 0 amide bonds. The molecule has 0 aromatic heterocycles. The normalized spacial score (nSPS) is 29.8. The van der Waals surface area contributed by atoms with Gasteiger partial charge in [-0.2, -0.15) is 0 Å². The highest BCUT2D eigenvalue weighted by atomic mass is 16.5. The molecular weight excluding hydrogens is 236 g/mol. The zero-order valence-electron chi connectivity index (χ0n) is 12.9. The molecule has 0 radical (unpaired) electrons. The van der Waals surface area contributed by atoms with Gasteiger partial charge in [0.2, 0.25) is 0 Å². The fourth-order valence-corrected chi connectivity index (χ4v) is 3.45. The van der Waals surface area contributed by atoms with Gasteiger partial charge in [-0.15, -0.1) is 0 Å². The van der Waals surface area contributed by atoms with Crippen LogP contribution in [0.5, 0.6) is 0 Å². The predicted octanol–water partition coefficient (Wildman–Crippen LogP) is 2.51. The second-order valence-corrected chi connectivity index (χ2v) is 7.02. The lowest BCUT2D eigenvalue weighted by Crippen LogP contribution is -2.50. The van der Waals surface area contributed by atoms with Gasteiger partial charge in [0.25, 0.3) is 0 Å². The van der Waals surface area contributed by atoms with E-state index in [2.05, 4.69) is 24.1 Å². The summed E-state index contributed by atoms with van der Waals surface area (Å²) in [6.45, 7) is 12.6. The van der Waals surface area contributed by atoms with Crippen molar-refractivity contribution in [1.82, 2.24) is 10.2 Å². The minimum Gasteiger partial charge on any atom is -0.381 e. The van der Waals surface area contributed by atoms with E-state index in [1.807, 2.05) is 0 Å². The van der Waals surface area contributed by atoms with Crippen molar-refractivity contribution in [2.24, 2.45) is 11.3 Å². The van der Waals surface area contributed by atoms with Crippen LogP contribution in [-0.4, -0.2) is 50.8 Å². The van der Waals surface area contributed by atoms with E-state index in [9.17, 15) is 0 Å². The first-order valence-corrected chi connectivity index (χ1v) is 8.21. The van der Waals surface area contributed by atoms with Gasteiger partial charge >= 0.3 is 0 Å². The maximum atomic E-state index is 5.82. The molecule has 2 heterocycles. The molecule has 2 aliphatic heterocycles. The van der Waals surface area contributed by atoms with Crippen LogP contribution in [0.2, 0.25) is 0 Å². The minimum absolute atomic E-state index is 0.366. The number of hydrogen-bond acceptors (Lipinski definition) is 3. The summed E-state index contributed by atoms with van der Waals surface area (Å²) in [7, 11) is 0. The maximum Gasteiger partial charge on any atom is 0.0546 e. The Bertz CT molecular complexity index is 243. The Labute approximate surface area is 119 Å². The highest BCUT2D eigenvalue weighted by Gasteiger charge is 2.34. The van der Waals surface area contributed by atoms with Gasteiger partial charge in [0.05, 0.1) is 6.61 Å². The van der Waals surface area contributed by atoms with E-state index in [1.54, 1.807) is 0 Å². The SMILES string of the molecule is CC(C)CNCC1(CN2CCCCC2)CCCOC1. The van der Waals surface area contributed by atoms with Crippen molar-refractivity contribution in [3.63, 3.8) is 0 Å². The average Bonchev–Trinajstić information content (AvgIpc) is 2.40. The summed E-state index contributed by atoms with van der Waals surface area (Å²) < 4.78 is 5.82. The summed E-state index contributed by atoms with van der Waals surface area (Å²) in [5.74, 6) is 0.733. The van der Waals surface area contributed by atoms with Crippen molar-refractivity contribution < 1.29 is 4.74 Å². The molecule has 3 heteroatoms. The van der Waals surface area contributed by atoms with Crippen LogP contribution in [0.25, 0.3) is 0 Å². The molecule has 2 saturated heterocycles. The maximum absolute atomic E-state index is 5.82. The fourth-order valence-electron chi connectivity index (χ4n) is 3.45. The van der Waals surface area contributed by atoms with Gasteiger partial charge in [0.1, 0.15) is 0 Å². The number of ether oxygens (including phenoxy) is 1. The summed E-state index contributed by atoms with van der Waals surface area (Å²) in [5.41, 5.74) is 0.366. The van der Waals surface area contributed by atoms with Crippen molar-refractivity contribution in [3.05, 3.63) is 0 Å². The van der Waals surface area contributed by atoms with Crippen LogP contribution in [0.4, 0.5) is 0 Å². The van der Waals surface area contributed by atoms with Gasteiger partial charge < -0.3 is 15.0 Å². The van der Waals surface area contributed by atoms with E-state index in [1.165, 1.54) is 51.7 Å². The minimum atomic E-state index is 0.366. The Morgan fingerprint density at radius 3 is 2.58 bits per heavy atom. The van der Waals surface area contributed by atoms with Gasteiger partial charge in [0, 0.05) is 25.1 Å². The molecule has 0 aliphatic carbocycles. The van der Waals surface area contributed by atoms with Crippen LogP contribution in [0.1, 0.15) is 46.0 Å². The molecule has 0 aromatic carbocycles. The van der Waals surface area contributed by atoms with Crippen molar-refractivity contribution in [2.45, 2.75) is 46.0 Å². The first kappa shape index (κ1) is 15.3. The molecule has 112 valence electrons. The van der Waals surface area contributed by atoms with Crippen LogP contribution in [0.15, 0.2) is 0 Å². The molecule has 2 aliphatic rings. The second kappa shape index (κ2) is 7.61. The standard InChI is InChI=1S/C16H32N2O/c1-15(2)11-17-12-16(7-6-10-19-14-16)13-18-8-4-3-5-9-18/h15,17H,3-14H2,1-2H3. The van der Waals surface area contributed by atoms with Crippen molar-refractivity contribution >= 4 is 0 Å². The third-order valence-corrected chi connectivity index (χ3v) is 4.46. The predicted molar refractivity (Wildman–Crippen MR) is 80.5 cm³/mol. The average molecular weight is 268 g/mol. The number of likely N-dealkylation sites (tertiary alicyclic amines) is 1.